The van der Waals surface area contributed by atoms with Crippen molar-refractivity contribution >= 4 is 40.2 Å². The quantitative estimate of drug-likeness (QED) is 0.282. The Kier molecular flexibility index (Phi) is 6.49. The number of hydrogen-bond donors (Lipinski definition) is 0. The third kappa shape index (κ3) is 4.56. The van der Waals surface area contributed by atoms with Gasteiger partial charge in [-0.1, -0.05) is 41.8 Å². The Morgan fingerprint density at radius 3 is 2.61 bits per heavy atom. The standard InChI is InChI=1S/C25H23Cl2N5S/c1-2-13-31-22(18-9-12-20(26)21(27)15-18)16-33-25(31)28-19-10-7-17(8-11-19)24-30-29-23-6-4-3-5-14-32(23)24/h2,7-12,15-16H,1,3-6,13-14H2. The molecule has 0 bridgehead atoms. The molecule has 33 heavy (non-hydrogen) atoms. The van der Waals surface area contributed by atoms with Crippen LogP contribution in [0.1, 0.15) is 25.1 Å². The fourth-order valence-electron chi connectivity index (χ4n) is 4.10. The van der Waals surface area contributed by atoms with E-state index in [0.717, 1.165) is 51.9 Å². The van der Waals surface area contributed by atoms with E-state index in [1.807, 2.05) is 36.4 Å². The lowest BCUT2D eigenvalue weighted by Gasteiger charge is -2.08. The Hall–Kier alpha value is -2.67. The number of benzene rings is 2. The summed E-state index contributed by atoms with van der Waals surface area (Å²) in [4.78, 5) is 5.79. The van der Waals surface area contributed by atoms with Gasteiger partial charge >= 0.3 is 0 Å². The molecule has 1 aliphatic heterocycles. The molecule has 168 valence electrons. The van der Waals surface area contributed by atoms with Crippen molar-refractivity contribution in [1.29, 1.82) is 0 Å². The highest BCUT2D eigenvalue weighted by atomic mass is 35.5. The van der Waals surface area contributed by atoms with Gasteiger partial charge < -0.3 is 9.13 Å². The summed E-state index contributed by atoms with van der Waals surface area (Å²) in [6.45, 7) is 5.54. The predicted molar refractivity (Wildman–Crippen MR) is 136 cm³/mol. The summed E-state index contributed by atoms with van der Waals surface area (Å²) in [5, 5.41) is 12.0. The summed E-state index contributed by atoms with van der Waals surface area (Å²) in [5.41, 5.74) is 3.97. The van der Waals surface area contributed by atoms with Gasteiger partial charge in [0, 0.05) is 36.0 Å². The molecule has 2 aromatic heterocycles. The van der Waals surface area contributed by atoms with Crippen LogP contribution in [-0.2, 0) is 19.5 Å². The Labute approximate surface area is 206 Å². The van der Waals surface area contributed by atoms with Crippen molar-refractivity contribution in [1.82, 2.24) is 19.3 Å². The SMILES string of the molecule is C=CCn1c(-c2ccc(Cl)c(Cl)c2)csc1=Nc1ccc(-c2nnc3n2CCCCC3)cc1. The van der Waals surface area contributed by atoms with Gasteiger partial charge in [-0.15, -0.1) is 28.1 Å². The van der Waals surface area contributed by atoms with E-state index in [1.165, 1.54) is 19.3 Å². The van der Waals surface area contributed by atoms with Gasteiger partial charge in [-0.2, -0.15) is 0 Å². The average molecular weight is 496 g/mol. The average Bonchev–Trinajstić information content (AvgIpc) is 3.32. The van der Waals surface area contributed by atoms with E-state index in [4.69, 9.17) is 28.2 Å². The highest BCUT2D eigenvalue weighted by molar-refractivity contribution is 7.07. The van der Waals surface area contributed by atoms with Crippen LogP contribution in [0.25, 0.3) is 22.6 Å². The van der Waals surface area contributed by atoms with Gasteiger partial charge in [0.1, 0.15) is 5.82 Å². The van der Waals surface area contributed by atoms with E-state index in [1.54, 1.807) is 11.3 Å². The normalized spacial score (nSPS) is 14.2. The molecular weight excluding hydrogens is 473 g/mol. The lowest BCUT2D eigenvalue weighted by molar-refractivity contribution is 0.636. The summed E-state index contributed by atoms with van der Waals surface area (Å²) in [6, 6.07) is 13.9. The van der Waals surface area contributed by atoms with Crippen LogP contribution in [-0.4, -0.2) is 19.3 Å². The van der Waals surface area contributed by atoms with Crippen LogP contribution in [0.2, 0.25) is 10.0 Å². The van der Waals surface area contributed by atoms with Gasteiger partial charge in [0.15, 0.2) is 10.6 Å². The topological polar surface area (TPSA) is 48.0 Å². The predicted octanol–water partition coefficient (Wildman–Crippen LogP) is 6.93. The molecule has 0 radical (unpaired) electrons. The number of allylic oxidation sites excluding steroid dienone is 1. The van der Waals surface area contributed by atoms with Crippen molar-refractivity contribution in [3.8, 4) is 22.6 Å². The van der Waals surface area contributed by atoms with E-state index in [0.29, 0.717) is 16.6 Å². The molecule has 1 aliphatic rings. The van der Waals surface area contributed by atoms with E-state index in [-0.39, 0.29) is 0 Å². The van der Waals surface area contributed by atoms with Gasteiger partial charge in [0.25, 0.3) is 0 Å². The van der Waals surface area contributed by atoms with Crippen LogP contribution in [0.15, 0.2) is 65.5 Å². The molecule has 5 nitrogen and oxygen atoms in total. The summed E-state index contributed by atoms with van der Waals surface area (Å²) < 4.78 is 4.39. The number of hydrogen-bond acceptors (Lipinski definition) is 4. The van der Waals surface area contributed by atoms with Crippen molar-refractivity contribution in [2.75, 3.05) is 0 Å². The van der Waals surface area contributed by atoms with E-state index < -0.39 is 0 Å². The van der Waals surface area contributed by atoms with Crippen molar-refractivity contribution in [2.24, 2.45) is 4.99 Å². The summed E-state index contributed by atoms with van der Waals surface area (Å²) in [6.07, 6.45) is 6.48. The fourth-order valence-corrected chi connectivity index (χ4v) is 5.34. The van der Waals surface area contributed by atoms with E-state index in [9.17, 15) is 0 Å². The maximum atomic E-state index is 6.25. The zero-order valence-corrected chi connectivity index (χ0v) is 20.4. The van der Waals surface area contributed by atoms with Gasteiger partial charge in [0.05, 0.1) is 21.4 Å². The van der Waals surface area contributed by atoms with Crippen molar-refractivity contribution in [3.05, 3.63) is 81.2 Å². The summed E-state index contributed by atoms with van der Waals surface area (Å²) in [5.74, 6) is 2.04. The number of aromatic nitrogens is 4. The zero-order valence-electron chi connectivity index (χ0n) is 18.0. The Balaban J connectivity index is 1.48. The van der Waals surface area contributed by atoms with Crippen LogP contribution in [0.4, 0.5) is 5.69 Å². The number of nitrogens with zero attached hydrogens (tertiary/aromatic N) is 5. The van der Waals surface area contributed by atoms with Crippen LogP contribution in [0.5, 0.6) is 0 Å². The van der Waals surface area contributed by atoms with Crippen molar-refractivity contribution in [3.63, 3.8) is 0 Å². The van der Waals surface area contributed by atoms with Crippen LogP contribution >= 0.6 is 34.5 Å². The maximum absolute atomic E-state index is 6.25. The number of fused-ring (bicyclic) bond motifs is 1. The van der Waals surface area contributed by atoms with Gasteiger partial charge in [-0.25, -0.2) is 4.99 Å². The lowest BCUT2D eigenvalue weighted by Crippen LogP contribution is -2.14. The van der Waals surface area contributed by atoms with Crippen molar-refractivity contribution in [2.45, 2.75) is 38.8 Å². The van der Waals surface area contributed by atoms with E-state index >= 15 is 0 Å². The molecule has 0 aliphatic carbocycles. The molecule has 2 aromatic carbocycles. The van der Waals surface area contributed by atoms with E-state index in [2.05, 4.69) is 43.4 Å². The molecule has 0 saturated carbocycles. The second-order valence-electron chi connectivity index (χ2n) is 7.99. The van der Waals surface area contributed by atoms with Gasteiger partial charge in [-0.3, -0.25) is 0 Å². The van der Waals surface area contributed by atoms with Gasteiger partial charge in [-0.05, 0) is 49.2 Å². The summed E-state index contributed by atoms with van der Waals surface area (Å²) in [7, 11) is 0. The first-order valence-electron chi connectivity index (χ1n) is 11.0. The Morgan fingerprint density at radius 1 is 1.00 bits per heavy atom. The fraction of sp³-hybridized carbons (Fsp3) is 0.240. The largest absolute Gasteiger partial charge is 0.313 e. The van der Waals surface area contributed by atoms with Crippen LogP contribution < -0.4 is 4.80 Å². The van der Waals surface area contributed by atoms with Crippen LogP contribution in [0, 0.1) is 0 Å². The van der Waals surface area contributed by atoms with Crippen LogP contribution in [0.3, 0.4) is 0 Å². The highest BCUT2D eigenvalue weighted by Gasteiger charge is 2.16. The molecule has 0 saturated heterocycles. The third-order valence-electron chi connectivity index (χ3n) is 5.78. The first-order chi connectivity index (χ1) is 16.1. The Bertz CT molecular complexity index is 1360. The molecule has 0 N–H and O–H groups in total. The second kappa shape index (κ2) is 9.67. The summed E-state index contributed by atoms with van der Waals surface area (Å²) >= 11 is 13.9. The third-order valence-corrected chi connectivity index (χ3v) is 7.39. The number of aryl methyl sites for hydroxylation is 1. The minimum Gasteiger partial charge on any atom is -0.313 e. The van der Waals surface area contributed by atoms with Crippen molar-refractivity contribution < 1.29 is 0 Å². The maximum Gasteiger partial charge on any atom is 0.190 e. The number of rotatable bonds is 5. The molecule has 0 unspecified atom stereocenters. The smallest absolute Gasteiger partial charge is 0.190 e. The molecule has 3 heterocycles. The monoisotopic (exact) mass is 495 g/mol. The molecular formula is C25H23Cl2N5S. The molecule has 0 spiro atoms. The number of halogens is 2. The lowest BCUT2D eigenvalue weighted by atomic mass is 10.2. The minimum absolute atomic E-state index is 0.533. The zero-order chi connectivity index (χ0) is 22.8. The second-order valence-corrected chi connectivity index (χ2v) is 9.64. The molecule has 8 heteroatoms. The first-order valence-corrected chi connectivity index (χ1v) is 12.6. The number of thiazole rings is 1. The highest BCUT2D eigenvalue weighted by Crippen LogP contribution is 2.29. The first kappa shape index (κ1) is 22.1. The molecule has 0 amide bonds. The molecule has 4 aromatic rings. The molecule has 5 rings (SSSR count). The molecule has 0 atom stereocenters. The van der Waals surface area contributed by atoms with Gasteiger partial charge in [0.2, 0.25) is 0 Å². The molecule has 0 fully saturated rings. The minimum atomic E-state index is 0.533. The Morgan fingerprint density at radius 2 is 1.82 bits per heavy atom.